The maximum atomic E-state index is 13.7. The van der Waals surface area contributed by atoms with Crippen LogP contribution < -0.4 is 35.0 Å². The number of anilines is 4. The zero-order valence-electron chi connectivity index (χ0n) is 36.4. The second-order valence-corrected chi connectivity index (χ2v) is 18.6. The number of H-pyrrole nitrogens is 2. The molecule has 3 aromatic heterocycles. The van der Waals surface area contributed by atoms with Crippen LogP contribution in [0.3, 0.4) is 0 Å². The number of imidazole rings is 3. The fraction of sp³-hybridized carbons (Fsp3) is 0.196. The summed E-state index contributed by atoms with van der Waals surface area (Å²) in [6.07, 6.45) is 11.6. The van der Waals surface area contributed by atoms with E-state index in [1.807, 2.05) is 6.92 Å². The van der Waals surface area contributed by atoms with E-state index in [1.165, 1.54) is 67.4 Å². The van der Waals surface area contributed by atoms with Gasteiger partial charge in [0, 0.05) is 48.5 Å². The van der Waals surface area contributed by atoms with E-state index < -0.39 is 32.1 Å². The summed E-state index contributed by atoms with van der Waals surface area (Å²) in [4.78, 5) is 42.4. The highest BCUT2D eigenvalue weighted by atomic mass is 32.2. The lowest BCUT2D eigenvalue weighted by molar-refractivity contribution is 0.251. The predicted molar refractivity (Wildman–Crippen MR) is 255 cm³/mol. The molecule has 1 aliphatic carbocycles. The molecule has 352 valence electrons. The van der Waals surface area contributed by atoms with E-state index in [9.17, 15) is 30.8 Å². The fourth-order valence-corrected chi connectivity index (χ4v) is 8.97. The van der Waals surface area contributed by atoms with Gasteiger partial charge in [0.25, 0.3) is 0 Å². The molecule has 3 heterocycles. The minimum absolute atomic E-state index is 0.0139. The Hall–Kier alpha value is -7.98. The van der Waals surface area contributed by atoms with Gasteiger partial charge in [-0.2, -0.15) is 16.8 Å². The Labute approximate surface area is 390 Å². The number of aromatic amines is 2. The summed E-state index contributed by atoms with van der Waals surface area (Å²) in [6, 6.07) is 27.0. The summed E-state index contributed by atoms with van der Waals surface area (Å²) in [5.41, 5.74) is 3.67. The molecule has 4 amide bonds. The first-order chi connectivity index (χ1) is 32.8. The number of hydrogen-bond donors (Lipinski definition) is 7. The van der Waals surface area contributed by atoms with Gasteiger partial charge in [-0.25, -0.2) is 28.9 Å². The molecule has 22 heteroatoms. The smallest absolute Gasteiger partial charge is 0.339 e. The number of halogens is 1. The van der Waals surface area contributed by atoms with Crippen LogP contribution in [0.1, 0.15) is 45.4 Å². The molecule has 19 nitrogen and oxygen atoms in total. The molecule has 0 atom stereocenters. The van der Waals surface area contributed by atoms with Crippen LogP contribution in [0.4, 0.5) is 37.3 Å². The zero-order valence-corrected chi connectivity index (χ0v) is 38.0. The molecule has 8 aromatic rings. The molecule has 0 radical (unpaired) electrons. The quantitative estimate of drug-likeness (QED) is 0.0376. The summed E-state index contributed by atoms with van der Waals surface area (Å²) in [6.45, 7) is 2.62. The van der Waals surface area contributed by atoms with E-state index >= 15 is 0 Å². The normalized spacial score (nSPS) is 12.8. The maximum absolute atomic E-state index is 13.7. The second kappa shape index (κ2) is 20.7. The molecule has 1 fully saturated rings. The highest BCUT2D eigenvalue weighted by Gasteiger charge is 2.21. The molecule has 0 aliphatic heterocycles. The van der Waals surface area contributed by atoms with E-state index in [-0.39, 0.29) is 44.9 Å². The number of carbonyl (C=O) groups is 2. The maximum Gasteiger partial charge on any atom is 0.339 e. The lowest BCUT2D eigenvalue weighted by Crippen LogP contribution is -2.29. The summed E-state index contributed by atoms with van der Waals surface area (Å²) in [5, 5.41) is 13.7. The largest absolute Gasteiger partial charge is 0.382 e. The van der Waals surface area contributed by atoms with Gasteiger partial charge in [0.2, 0.25) is 11.9 Å². The van der Waals surface area contributed by atoms with Gasteiger partial charge >= 0.3 is 32.3 Å². The SMILES string of the molecule is CCCCNC(=O)Nc1nc2ccc(OS(=O)(=O)c3ccc(NC4CCCC4)cc3)cc2[nH]1.O=C(Nc1nc2ccc(OS(=O)(=O)c3ccc(-n4ccnc4)cc3)cc2[nH]1)Nc1ccccc1F. The molecular formula is C46H46FN11O8S2. The summed E-state index contributed by atoms with van der Waals surface area (Å²) >= 11 is 0. The zero-order chi connectivity index (χ0) is 47.7. The third kappa shape index (κ3) is 11.9. The molecule has 0 saturated heterocycles. The van der Waals surface area contributed by atoms with Crippen LogP contribution in [0.5, 0.6) is 11.5 Å². The minimum atomic E-state index is -4.09. The Balaban J connectivity index is 0.000000184. The summed E-state index contributed by atoms with van der Waals surface area (Å²) < 4.78 is 77.0. The van der Waals surface area contributed by atoms with Crippen molar-refractivity contribution >= 4 is 77.6 Å². The average Bonchev–Trinajstić information content (AvgIpc) is 4.16. The Morgan fingerprint density at radius 3 is 1.87 bits per heavy atom. The van der Waals surface area contributed by atoms with Gasteiger partial charge in [0.15, 0.2) is 0 Å². The Kier molecular flexibility index (Phi) is 14.2. The highest BCUT2D eigenvalue weighted by molar-refractivity contribution is 7.87. The van der Waals surface area contributed by atoms with E-state index in [4.69, 9.17) is 8.37 Å². The van der Waals surface area contributed by atoms with Crippen molar-refractivity contribution < 1.29 is 39.2 Å². The molecule has 68 heavy (non-hydrogen) atoms. The molecule has 0 spiro atoms. The van der Waals surface area contributed by atoms with Crippen molar-refractivity contribution in [1.29, 1.82) is 0 Å². The number of para-hydroxylation sites is 1. The van der Waals surface area contributed by atoms with Crippen LogP contribution in [0, 0.1) is 5.82 Å². The number of amides is 4. The number of aromatic nitrogens is 6. The van der Waals surface area contributed by atoms with E-state index in [2.05, 4.69) is 51.5 Å². The fourth-order valence-electron chi connectivity index (χ4n) is 7.12. The lowest BCUT2D eigenvalue weighted by atomic mass is 10.2. The average molecular weight is 964 g/mol. The molecule has 0 unspecified atom stereocenters. The van der Waals surface area contributed by atoms with Gasteiger partial charge in [0.1, 0.15) is 27.1 Å². The number of fused-ring (bicyclic) bond motifs is 2. The van der Waals surface area contributed by atoms with Gasteiger partial charge in [-0.3, -0.25) is 10.6 Å². The van der Waals surface area contributed by atoms with Gasteiger partial charge in [-0.05, 0) is 104 Å². The minimum Gasteiger partial charge on any atom is -0.382 e. The first-order valence-corrected chi connectivity index (χ1v) is 24.3. The first kappa shape index (κ1) is 46.5. The van der Waals surface area contributed by atoms with E-state index in [1.54, 1.807) is 77.9 Å². The molecule has 1 aliphatic rings. The van der Waals surface area contributed by atoms with Crippen LogP contribution in [0.15, 0.2) is 138 Å². The third-order valence-corrected chi connectivity index (χ3v) is 13.0. The van der Waals surface area contributed by atoms with Crippen molar-refractivity contribution in [3.05, 3.63) is 134 Å². The summed E-state index contributed by atoms with van der Waals surface area (Å²) in [7, 11) is -8.09. The Morgan fingerprint density at radius 1 is 0.735 bits per heavy atom. The molecule has 0 bridgehead atoms. The molecule has 1 saturated carbocycles. The van der Waals surface area contributed by atoms with Gasteiger partial charge < -0.3 is 38.9 Å². The lowest BCUT2D eigenvalue weighted by Gasteiger charge is -2.14. The number of benzene rings is 5. The third-order valence-electron chi connectivity index (χ3n) is 10.5. The Bertz CT molecular complexity index is 3250. The van der Waals surface area contributed by atoms with Crippen molar-refractivity contribution in [3.8, 4) is 17.2 Å². The van der Waals surface area contributed by atoms with Crippen LogP contribution in [0.25, 0.3) is 27.8 Å². The predicted octanol–water partition coefficient (Wildman–Crippen LogP) is 8.91. The monoisotopic (exact) mass is 963 g/mol. The topological polar surface area (TPSA) is 256 Å². The number of nitrogens with one attached hydrogen (secondary N) is 7. The van der Waals surface area contributed by atoms with Crippen molar-refractivity contribution in [2.75, 3.05) is 27.8 Å². The molecule has 5 aromatic carbocycles. The number of unbranched alkanes of at least 4 members (excludes halogenated alkanes) is 1. The van der Waals surface area contributed by atoms with Gasteiger partial charge in [-0.1, -0.05) is 38.3 Å². The van der Waals surface area contributed by atoms with Gasteiger partial charge in [0.05, 0.1) is 34.1 Å². The first-order valence-electron chi connectivity index (χ1n) is 21.5. The standard InChI is InChI=1S/C23H17FN6O4S.C23H29N5O4S/c24-18-3-1-2-4-19(18)28-23(31)29-22-26-20-10-7-16(13-21(20)27-22)34-35(32,33)17-8-5-15(6-9-17)30-12-11-25-14-30;1-2-3-14-24-23(29)28-22-26-20-13-10-18(15-21(20)27-22)32-33(30,31)19-11-8-17(9-12-19)25-16-6-4-5-7-16/h1-14H,(H3,26,27,28,29,31);8-13,15-16,25H,2-7,14H2,1H3,(H3,24,26,27,28,29). The number of hydrogen-bond acceptors (Lipinski definition) is 12. The number of urea groups is 2. The molecule has 7 N–H and O–H groups in total. The van der Waals surface area contributed by atoms with Crippen molar-refractivity contribution in [3.63, 3.8) is 0 Å². The second-order valence-electron chi connectivity index (χ2n) is 15.5. The molecule has 9 rings (SSSR count). The van der Waals surface area contributed by atoms with E-state index in [0.29, 0.717) is 34.7 Å². The highest BCUT2D eigenvalue weighted by Crippen LogP contribution is 2.28. The van der Waals surface area contributed by atoms with Gasteiger partial charge in [-0.15, -0.1) is 0 Å². The van der Waals surface area contributed by atoms with Crippen LogP contribution in [0.2, 0.25) is 0 Å². The van der Waals surface area contributed by atoms with Crippen LogP contribution >= 0.6 is 0 Å². The van der Waals surface area contributed by atoms with Crippen molar-refractivity contribution in [2.45, 2.75) is 61.3 Å². The number of carbonyl (C=O) groups excluding carboxylic acids is 2. The Morgan fingerprint density at radius 2 is 1.31 bits per heavy atom. The molecular weight excluding hydrogens is 918 g/mol. The van der Waals surface area contributed by atoms with E-state index in [0.717, 1.165) is 37.1 Å². The summed E-state index contributed by atoms with van der Waals surface area (Å²) in [5.74, 6) is -0.0135. The van der Waals surface area contributed by atoms with Crippen LogP contribution in [-0.4, -0.2) is 71.0 Å². The van der Waals surface area contributed by atoms with Crippen molar-refractivity contribution in [2.24, 2.45) is 0 Å². The number of rotatable bonds is 15. The van der Waals surface area contributed by atoms with Crippen molar-refractivity contribution in [1.82, 2.24) is 34.8 Å². The number of nitrogens with zero attached hydrogens (tertiary/aromatic N) is 4. The van der Waals surface area contributed by atoms with Crippen LogP contribution in [-0.2, 0) is 20.2 Å².